The average molecular weight is 421 g/mol. The normalized spacial score (nSPS) is 11.3. The minimum Gasteiger partial charge on any atom is -0.465 e. The summed E-state index contributed by atoms with van der Waals surface area (Å²) in [6, 6.07) is 15.5. The largest absolute Gasteiger partial charge is 0.465 e. The van der Waals surface area contributed by atoms with E-state index < -0.39 is 0 Å². The second-order valence-electron chi connectivity index (χ2n) is 7.07. The molecule has 0 spiro atoms. The van der Waals surface area contributed by atoms with Gasteiger partial charge in [0.25, 0.3) is 0 Å². The molecule has 31 heavy (non-hydrogen) atoms. The number of aryl methyl sites for hydroxylation is 1. The van der Waals surface area contributed by atoms with E-state index in [2.05, 4.69) is 20.6 Å². The summed E-state index contributed by atoms with van der Waals surface area (Å²) in [6.45, 7) is 5.95. The Morgan fingerprint density at radius 1 is 1.10 bits per heavy atom. The number of methoxy groups -OCH3 is 1. The molecule has 0 aliphatic heterocycles. The van der Waals surface area contributed by atoms with Crippen LogP contribution in [0.4, 0.5) is 0 Å². The number of benzene rings is 2. The van der Waals surface area contributed by atoms with Crippen LogP contribution < -0.4 is 10.6 Å². The van der Waals surface area contributed by atoms with Crippen molar-refractivity contribution in [3.05, 3.63) is 77.2 Å². The average Bonchev–Trinajstić information content (AvgIpc) is 3.27. The third-order valence-electron chi connectivity index (χ3n) is 4.67. The van der Waals surface area contributed by atoms with Gasteiger partial charge in [0.15, 0.2) is 5.96 Å². The van der Waals surface area contributed by atoms with Crippen molar-refractivity contribution in [2.24, 2.45) is 4.99 Å². The SMILES string of the molecule is CCNC(=NCc1coc(-c2ccc(C)cc2)n1)NCCc1ccc(C(=O)OC)cc1. The number of rotatable bonds is 8. The topological polar surface area (TPSA) is 88.8 Å². The van der Waals surface area contributed by atoms with E-state index in [1.165, 1.54) is 12.7 Å². The van der Waals surface area contributed by atoms with E-state index in [9.17, 15) is 4.79 Å². The van der Waals surface area contributed by atoms with Gasteiger partial charge in [0, 0.05) is 18.7 Å². The Morgan fingerprint density at radius 2 is 1.84 bits per heavy atom. The van der Waals surface area contributed by atoms with E-state index in [1.54, 1.807) is 18.4 Å². The van der Waals surface area contributed by atoms with E-state index in [0.717, 1.165) is 29.8 Å². The zero-order valence-electron chi connectivity index (χ0n) is 18.1. The number of guanidine groups is 1. The summed E-state index contributed by atoms with van der Waals surface area (Å²) in [5.74, 6) is 0.983. The number of oxazole rings is 1. The minimum absolute atomic E-state index is 0.329. The van der Waals surface area contributed by atoms with Gasteiger partial charge in [0.2, 0.25) is 5.89 Å². The Kier molecular flexibility index (Phi) is 7.81. The Labute approximate surface area is 182 Å². The van der Waals surface area contributed by atoms with Crippen LogP contribution in [0.2, 0.25) is 0 Å². The lowest BCUT2D eigenvalue weighted by Gasteiger charge is -2.11. The predicted octanol–water partition coefficient (Wildman–Crippen LogP) is 3.73. The van der Waals surface area contributed by atoms with E-state index in [1.807, 2.05) is 50.2 Å². The van der Waals surface area contributed by atoms with Crippen molar-refractivity contribution in [1.29, 1.82) is 0 Å². The number of nitrogens with one attached hydrogen (secondary N) is 2. The molecule has 1 heterocycles. The first-order valence-corrected chi connectivity index (χ1v) is 10.3. The van der Waals surface area contributed by atoms with E-state index >= 15 is 0 Å². The van der Waals surface area contributed by atoms with Crippen LogP contribution in [0, 0.1) is 6.92 Å². The molecule has 0 amide bonds. The highest BCUT2D eigenvalue weighted by atomic mass is 16.5. The van der Waals surface area contributed by atoms with Gasteiger partial charge in [0.05, 0.1) is 19.2 Å². The molecule has 0 atom stereocenters. The highest BCUT2D eigenvalue weighted by Crippen LogP contribution is 2.19. The standard InChI is InChI=1S/C24H28N4O3/c1-4-25-24(26-14-13-18-7-11-20(12-8-18)23(29)30-3)27-15-21-16-31-22(28-21)19-9-5-17(2)6-10-19/h5-12,16H,4,13-15H2,1-3H3,(H2,25,26,27). The van der Waals surface area contributed by atoms with Crippen molar-refractivity contribution in [1.82, 2.24) is 15.6 Å². The molecular weight excluding hydrogens is 392 g/mol. The number of nitrogens with zero attached hydrogens (tertiary/aromatic N) is 2. The molecule has 1 aromatic heterocycles. The number of esters is 1. The third-order valence-corrected chi connectivity index (χ3v) is 4.67. The Bertz CT molecular complexity index is 1010. The van der Waals surface area contributed by atoms with Crippen LogP contribution in [0.3, 0.4) is 0 Å². The van der Waals surface area contributed by atoms with Crippen LogP contribution in [0.5, 0.6) is 0 Å². The number of carbonyl (C=O) groups excluding carboxylic acids is 1. The number of aliphatic imine (C=N–C) groups is 1. The molecule has 0 aliphatic rings. The molecule has 2 aromatic carbocycles. The van der Waals surface area contributed by atoms with E-state index in [4.69, 9.17) is 9.15 Å². The van der Waals surface area contributed by atoms with Crippen molar-refractivity contribution in [2.75, 3.05) is 20.2 Å². The molecule has 0 radical (unpaired) electrons. The van der Waals surface area contributed by atoms with Gasteiger partial charge < -0.3 is 19.8 Å². The fraction of sp³-hybridized carbons (Fsp3) is 0.292. The molecular formula is C24H28N4O3. The second-order valence-corrected chi connectivity index (χ2v) is 7.07. The maximum atomic E-state index is 11.5. The van der Waals surface area contributed by atoms with E-state index in [-0.39, 0.29) is 5.97 Å². The summed E-state index contributed by atoms with van der Waals surface area (Å²) in [5, 5.41) is 6.56. The molecule has 3 aromatic rings. The van der Waals surface area contributed by atoms with Crippen LogP contribution >= 0.6 is 0 Å². The molecule has 0 saturated heterocycles. The molecule has 162 valence electrons. The van der Waals surface area contributed by atoms with Gasteiger partial charge in [-0.05, 0) is 50.1 Å². The van der Waals surface area contributed by atoms with Crippen LogP contribution in [0.15, 0.2) is 64.2 Å². The van der Waals surface area contributed by atoms with Crippen molar-refractivity contribution >= 4 is 11.9 Å². The van der Waals surface area contributed by atoms with Gasteiger partial charge in [-0.2, -0.15) is 0 Å². The van der Waals surface area contributed by atoms with Crippen LogP contribution in [-0.4, -0.2) is 37.1 Å². The first-order valence-electron chi connectivity index (χ1n) is 10.3. The lowest BCUT2D eigenvalue weighted by molar-refractivity contribution is 0.0600. The third kappa shape index (κ3) is 6.44. The number of ether oxygens (including phenoxy) is 1. The Balaban J connectivity index is 1.54. The highest BCUT2D eigenvalue weighted by molar-refractivity contribution is 5.89. The summed E-state index contributed by atoms with van der Waals surface area (Å²) >= 11 is 0. The lowest BCUT2D eigenvalue weighted by Crippen LogP contribution is -2.38. The summed E-state index contributed by atoms with van der Waals surface area (Å²) in [7, 11) is 1.38. The van der Waals surface area contributed by atoms with Crippen molar-refractivity contribution in [3.63, 3.8) is 0 Å². The fourth-order valence-corrected chi connectivity index (χ4v) is 2.96. The maximum absolute atomic E-state index is 11.5. The molecule has 0 unspecified atom stereocenters. The van der Waals surface area contributed by atoms with Crippen LogP contribution in [0.25, 0.3) is 11.5 Å². The monoisotopic (exact) mass is 420 g/mol. The van der Waals surface area contributed by atoms with Gasteiger partial charge in [-0.3, -0.25) is 0 Å². The smallest absolute Gasteiger partial charge is 0.337 e. The summed E-state index contributed by atoms with van der Waals surface area (Å²) in [5.41, 5.74) is 4.58. The Hall–Kier alpha value is -3.61. The van der Waals surface area contributed by atoms with Crippen LogP contribution in [-0.2, 0) is 17.7 Å². The van der Waals surface area contributed by atoms with Crippen molar-refractivity contribution in [3.8, 4) is 11.5 Å². The van der Waals surface area contributed by atoms with E-state index in [0.29, 0.717) is 30.5 Å². The second kappa shape index (κ2) is 11.0. The number of hydrogen-bond donors (Lipinski definition) is 2. The summed E-state index contributed by atoms with van der Waals surface area (Å²) < 4.78 is 10.3. The quantitative estimate of drug-likeness (QED) is 0.328. The number of carbonyl (C=O) groups is 1. The molecule has 7 heteroatoms. The minimum atomic E-state index is -0.329. The van der Waals surface area contributed by atoms with Gasteiger partial charge in [-0.15, -0.1) is 0 Å². The maximum Gasteiger partial charge on any atom is 0.337 e. The molecule has 0 aliphatic carbocycles. The number of hydrogen-bond acceptors (Lipinski definition) is 5. The van der Waals surface area contributed by atoms with Crippen LogP contribution in [0.1, 0.15) is 34.1 Å². The first-order chi connectivity index (χ1) is 15.1. The number of aromatic nitrogens is 1. The Morgan fingerprint density at radius 3 is 2.52 bits per heavy atom. The molecule has 3 rings (SSSR count). The first kappa shape index (κ1) is 22.1. The molecule has 0 saturated carbocycles. The fourth-order valence-electron chi connectivity index (χ4n) is 2.96. The van der Waals surface area contributed by atoms with Gasteiger partial charge in [0.1, 0.15) is 12.0 Å². The van der Waals surface area contributed by atoms with Gasteiger partial charge in [-0.25, -0.2) is 14.8 Å². The van der Waals surface area contributed by atoms with Gasteiger partial charge >= 0.3 is 5.97 Å². The molecule has 7 nitrogen and oxygen atoms in total. The lowest BCUT2D eigenvalue weighted by atomic mass is 10.1. The highest BCUT2D eigenvalue weighted by Gasteiger charge is 2.07. The molecule has 2 N–H and O–H groups in total. The molecule has 0 fully saturated rings. The zero-order valence-corrected chi connectivity index (χ0v) is 18.1. The summed E-state index contributed by atoms with van der Waals surface area (Å²) in [6.07, 6.45) is 2.44. The van der Waals surface area contributed by atoms with Crippen molar-refractivity contribution in [2.45, 2.75) is 26.8 Å². The summed E-state index contributed by atoms with van der Waals surface area (Å²) in [4.78, 5) is 20.6. The zero-order chi connectivity index (χ0) is 22.1. The molecule has 0 bridgehead atoms. The van der Waals surface area contributed by atoms with Crippen molar-refractivity contribution < 1.29 is 13.9 Å². The van der Waals surface area contributed by atoms with Gasteiger partial charge in [-0.1, -0.05) is 29.8 Å². The predicted molar refractivity (Wildman–Crippen MR) is 121 cm³/mol.